The fourth-order valence-corrected chi connectivity index (χ4v) is 2.67. The molecule has 1 heterocycles. The van der Waals surface area contributed by atoms with Crippen molar-refractivity contribution in [2.45, 2.75) is 38.3 Å². The molecule has 1 atom stereocenters. The van der Waals surface area contributed by atoms with E-state index in [2.05, 4.69) is 46.2 Å². The van der Waals surface area contributed by atoms with Gasteiger partial charge in [-0.15, -0.1) is 0 Å². The summed E-state index contributed by atoms with van der Waals surface area (Å²) in [7, 11) is 0. The molecule has 0 aliphatic carbocycles. The molecular weight excluding hydrogens is 420 g/mol. The van der Waals surface area contributed by atoms with Gasteiger partial charge in [-0.25, -0.2) is 4.57 Å². The van der Waals surface area contributed by atoms with E-state index in [-0.39, 0.29) is 29.9 Å². The lowest BCUT2D eigenvalue weighted by Crippen LogP contribution is -2.53. The van der Waals surface area contributed by atoms with Gasteiger partial charge in [0.25, 0.3) is 0 Å². The van der Waals surface area contributed by atoms with Crippen LogP contribution in [0.3, 0.4) is 0 Å². The summed E-state index contributed by atoms with van der Waals surface area (Å²) in [6.07, 6.45) is 6.10. The van der Waals surface area contributed by atoms with Crippen molar-refractivity contribution >= 4 is 48.9 Å². The van der Waals surface area contributed by atoms with E-state index in [4.69, 9.17) is 0 Å². The lowest BCUT2D eigenvalue weighted by atomic mass is 10.2. The zero-order valence-corrected chi connectivity index (χ0v) is 17.7. The Hall–Kier alpha value is -2.28. The zero-order valence-electron chi connectivity index (χ0n) is 15.9. The third kappa shape index (κ3) is 9.65. The minimum absolute atomic E-state index is 0.0168. The molecule has 3 amide bonds. The van der Waals surface area contributed by atoms with Gasteiger partial charge < -0.3 is 26.1 Å². The Bertz CT molecular complexity index is 699. The molecule has 1 rings (SSSR count). The second kappa shape index (κ2) is 13.8. The summed E-state index contributed by atoms with van der Waals surface area (Å²) in [4.78, 5) is 49.0. The van der Waals surface area contributed by atoms with E-state index < -0.39 is 22.8 Å². The van der Waals surface area contributed by atoms with Crippen LogP contribution in [-0.4, -0.2) is 62.8 Å². The maximum absolute atomic E-state index is 12.2. The zero-order chi connectivity index (χ0) is 21.6. The van der Waals surface area contributed by atoms with E-state index in [1.807, 2.05) is 0 Å². The smallest absolute Gasteiger partial charge is 0.390 e. The summed E-state index contributed by atoms with van der Waals surface area (Å²) in [6.45, 7) is 0.887. The van der Waals surface area contributed by atoms with Crippen LogP contribution in [-0.2, 0) is 20.9 Å². The number of nitro groups is 1. The monoisotopic (exact) mass is 446 g/mol. The largest absolute Gasteiger partial charge is 0.434 e. The SMILES string of the molecule is O=C(CS)NCC(NC(=O)CS)C(=O)NCCCCCCn1ccnc1[N+](=O)[O-]. The molecule has 0 radical (unpaired) electrons. The van der Waals surface area contributed by atoms with Crippen molar-refractivity contribution in [1.82, 2.24) is 25.5 Å². The van der Waals surface area contributed by atoms with Crippen LogP contribution in [0.15, 0.2) is 12.4 Å². The van der Waals surface area contributed by atoms with Crippen molar-refractivity contribution in [2.24, 2.45) is 0 Å². The summed E-state index contributed by atoms with van der Waals surface area (Å²) in [5.41, 5.74) is 0. The van der Waals surface area contributed by atoms with Gasteiger partial charge in [0.1, 0.15) is 18.4 Å². The predicted molar refractivity (Wildman–Crippen MR) is 113 cm³/mol. The molecule has 0 spiro atoms. The number of hydrogen-bond acceptors (Lipinski definition) is 8. The van der Waals surface area contributed by atoms with Crippen molar-refractivity contribution in [1.29, 1.82) is 0 Å². The van der Waals surface area contributed by atoms with Crippen molar-refractivity contribution in [3.8, 4) is 0 Å². The summed E-state index contributed by atoms with van der Waals surface area (Å²) in [5, 5.41) is 18.5. The lowest BCUT2D eigenvalue weighted by Gasteiger charge is -2.18. The molecule has 13 heteroatoms. The number of aryl methyl sites for hydroxylation is 1. The van der Waals surface area contributed by atoms with Crippen LogP contribution in [0.1, 0.15) is 25.7 Å². The number of rotatable bonds is 14. The molecule has 0 bridgehead atoms. The van der Waals surface area contributed by atoms with E-state index in [1.54, 1.807) is 6.20 Å². The predicted octanol–water partition coefficient (Wildman–Crippen LogP) is -0.0715. The molecule has 0 saturated heterocycles. The Morgan fingerprint density at radius 1 is 1.10 bits per heavy atom. The maximum atomic E-state index is 12.2. The average Bonchev–Trinajstić information content (AvgIpc) is 3.18. The molecule has 0 aliphatic rings. The fourth-order valence-electron chi connectivity index (χ4n) is 2.46. The molecule has 1 unspecified atom stereocenters. The van der Waals surface area contributed by atoms with E-state index in [0.29, 0.717) is 19.5 Å². The number of amides is 3. The molecule has 0 aromatic carbocycles. The number of unbranched alkanes of at least 4 members (excludes halogenated alkanes) is 3. The summed E-state index contributed by atoms with van der Waals surface area (Å²) >= 11 is 7.70. The Labute approximate surface area is 179 Å². The van der Waals surface area contributed by atoms with E-state index in [0.717, 1.165) is 19.3 Å². The number of thiol groups is 2. The number of nitrogens with one attached hydrogen (secondary N) is 3. The standard InChI is InChI=1S/C16H26N6O5S2/c23-13(10-28)19-9-12(20-14(24)11-29)15(25)17-5-3-1-2-4-7-21-8-6-18-16(21)22(26)27/h6,8,12,28-29H,1-5,7,9-11H2,(H,17,25)(H,19,23)(H,20,24). The molecule has 1 aromatic heterocycles. The van der Waals surface area contributed by atoms with Crippen LogP contribution in [0.2, 0.25) is 0 Å². The van der Waals surface area contributed by atoms with Crippen molar-refractivity contribution < 1.29 is 19.3 Å². The maximum Gasteiger partial charge on any atom is 0.434 e. The van der Waals surface area contributed by atoms with E-state index >= 15 is 0 Å². The van der Waals surface area contributed by atoms with Crippen LogP contribution in [0.4, 0.5) is 5.95 Å². The van der Waals surface area contributed by atoms with Crippen LogP contribution < -0.4 is 16.0 Å². The second-order valence-electron chi connectivity index (χ2n) is 6.12. The van der Waals surface area contributed by atoms with Gasteiger partial charge in [0.05, 0.1) is 18.1 Å². The number of hydrogen-bond donors (Lipinski definition) is 5. The molecule has 0 fully saturated rings. The third-order valence-electron chi connectivity index (χ3n) is 3.92. The van der Waals surface area contributed by atoms with Crippen LogP contribution in [0, 0.1) is 10.1 Å². The van der Waals surface area contributed by atoms with Crippen molar-refractivity contribution in [2.75, 3.05) is 24.6 Å². The number of imidazole rings is 1. The highest BCUT2D eigenvalue weighted by Crippen LogP contribution is 2.10. The molecule has 3 N–H and O–H groups in total. The Morgan fingerprint density at radius 3 is 2.45 bits per heavy atom. The number of aromatic nitrogens is 2. The molecule has 162 valence electrons. The van der Waals surface area contributed by atoms with Crippen LogP contribution in [0.25, 0.3) is 0 Å². The Morgan fingerprint density at radius 2 is 1.79 bits per heavy atom. The van der Waals surface area contributed by atoms with Gasteiger partial charge in [-0.2, -0.15) is 25.3 Å². The summed E-state index contributed by atoms with van der Waals surface area (Å²) in [6, 6.07) is -0.889. The molecule has 11 nitrogen and oxygen atoms in total. The molecule has 1 aromatic rings. The first-order chi connectivity index (χ1) is 13.9. The number of nitrogens with zero attached hydrogens (tertiary/aromatic N) is 3. The highest BCUT2D eigenvalue weighted by molar-refractivity contribution is 7.81. The van der Waals surface area contributed by atoms with Gasteiger partial charge in [-0.1, -0.05) is 17.8 Å². The van der Waals surface area contributed by atoms with Gasteiger partial charge in [0.2, 0.25) is 17.7 Å². The minimum atomic E-state index is -0.889. The lowest BCUT2D eigenvalue weighted by molar-refractivity contribution is -0.396. The van der Waals surface area contributed by atoms with Gasteiger partial charge >= 0.3 is 5.95 Å². The normalized spacial score (nSPS) is 11.5. The Balaban J connectivity index is 2.28. The quantitative estimate of drug-likeness (QED) is 0.117. The molecule has 0 aliphatic heterocycles. The Kier molecular flexibility index (Phi) is 11.8. The fraction of sp³-hybridized carbons (Fsp3) is 0.625. The molecule has 0 saturated carbocycles. The van der Waals surface area contributed by atoms with E-state index in [1.165, 1.54) is 10.8 Å². The first kappa shape index (κ1) is 24.8. The summed E-state index contributed by atoms with van der Waals surface area (Å²) in [5.74, 6) is -1.41. The highest BCUT2D eigenvalue weighted by atomic mass is 32.1. The van der Waals surface area contributed by atoms with Gasteiger partial charge in [0, 0.05) is 13.1 Å². The first-order valence-corrected chi connectivity index (χ1v) is 10.4. The van der Waals surface area contributed by atoms with Gasteiger partial charge in [-0.05, 0) is 17.8 Å². The van der Waals surface area contributed by atoms with E-state index in [9.17, 15) is 24.5 Å². The average molecular weight is 447 g/mol. The number of carbonyl (C=O) groups is 3. The highest BCUT2D eigenvalue weighted by Gasteiger charge is 2.20. The van der Waals surface area contributed by atoms with Crippen molar-refractivity contribution in [3.05, 3.63) is 22.5 Å². The second-order valence-corrected chi connectivity index (χ2v) is 6.76. The number of carbonyl (C=O) groups excluding carboxylic acids is 3. The van der Waals surface area contributed by atoms with Crippen molar-refractivity contribution in [3.63, 3.8) is 0 Å². The minimum Gasteiger partial charge on any atom is -0.390 e. The topological polar surface area (TPSA) is 148 Å². The van der Waals surface area contributed by atoms with Gasteiger partial charge in [0.15, 0.2) is 0 Å². The van der Waals surface area contributed by atoms with Crippen LogP contribution in [0.5, 0.6) is 0 Å². The third-order valence-corrected chi connectivity index (χ3v) is 4.50. The summed E-state index contributed by atoms with van der Waals surface area (Å²) < 4.78 is 1.50. The molecular formula is C16H26N6O5S2. The van der Waals surface area contributed by atoms with Gasteiger partial charge in [-0.3, -0.25) is 14.4 Å². The first-order valence-electron chi connectivity index (χ1n) is 9.10. The van der Waals surface area contributed by atoms with Crippen LogP contribution >= 0.6 is 25.3 Å². The molecule has 29 heavy (non-hydrogen) atoms.